The Morgan fingerprint density at radius 2 is 2.00 bits per heavy atom. The van der Waals surface area contributed by atoms with Gasteiger partial charge in [0.05, 0.1) is 0 Å². The Morgan fingerprint density at radius 1 is 1.32 bits per heavy atom. The molecule has 1 aromatic carbocycles. The molecule has 0 saturated heterocycles. The van der Waals surface area contributed by atoms with Crippen LogP contribution in [0, 0.1) is 0 Å². The number of aliphatic hydroxyl groups is 1. The first-order valence-electron chi connectivity index (χ1n) is 8.14. The van der Waals surface area contributed by atoms with Gasteiger partial charge in [-0.1, -0.05) is 38.0 Å². The van der Waals surface area contributed by atoms with E-state index < -0.39 is 30.8 Å². The lowest BCUT2D eigenvalue weighted by atomic mass is 10.0. The highest BCUT2D eigenvalue weighted by molar-refractivity contribution is 5.91. The number of carbonyl (C=O) groups is 1. The van der Waals surface area contributed by atoms with E-state index >= 15 is 0 Å². The zero-order valence-electron chi connectivity index (χ0n) is 13.9. The molecule has 1 atom stereocenters. The van der Waals surface area contributed by atoms with Crippen LogP contribution in [-0.4, -0.2) is 40.2 Å². The van der Waals surface area contributed by atoms with Crippen LogP contribution in [0.3, 0.4) is 0 Å². The van der Waals surface area contributed by atoms with Crippen molar-refractivity contribution in [3.63, 3.8) is 0 Å². The van der Waals surface area contributed by atoms with Gasteiger partial charge in [-0.25, -0.2) is 0 Å². The molecule has 138 valence electrons. The number of unbranched alkanes of at least 4 members (excludes halogenated alkanes) is 2. The second-order valence-corrected chi connectivity index (χ2v) is 5.92. The lowest BCUT2D eigenvalue weighted by Gasteiger charge is -2.32. The first-order chi connectivity index (χ1) is 11.8. The van der Waals surface area contributed by atoms with Crippen LogP contribution >= 0.6 is 0 Å². The third-order valence-corrected chi connectivity index (χ3v) is 3.91. The maximum absolute atomic E-state index is 13.3. The van der Waals surface area contributed by atoms with Gasteiger partial charge in [-0.2, -0.15) is 23.3 Å². The minimum atomic E-state index is -5.01. The normalized spacial score (nSPS) is 20.5. The summed E-state index contributed by atoms with van der Waals surface area (Å²) in [4.78, 5) is 12.2. The predicted molar refractivity (Wildman–Crippen MR) is 86.0 cm³/mol. The molecule has 1 N–H and O–H groups in total. The van der Waals surface area contributed by atoms with Crippen molar-refractivity contribution in [3.05, 3.63) is 30.3 Å². The van der Waals surface area contributed by atoms with Gasteiger partial charge in [0.15, 0.2) is 6.61 Å². The van der Waals surface area contributed by atoms with Gasteiger partial charge in [-0.15, -0.1) is 0 Å². The number of para-hydroxylation sites is 1. The van der Waals surface area contributed by atoms with Crippen LogP contribution in [0.4, 0.5) is 13.2 Å². The number of hydrazone groups is 1. The Hall–Kier alpha value is -2.09. The predicted octanol–water partition coefficient (Wildman–Crippen LogP) is 3.48. The van der Waals surface area contributed by atoms with Crippen molar-refractivity contribution >= 4 is 11.6 Å². The van der Waals surface area contributed by atoms with E-state index in [-0.39, 0.29) is 10.7 Å². The van der Waals surface area contributed by atoms with Gasteiger partial charge in [0.1, 0.15) is 5.75 Å². The van der Waals surface area contributed by atoms with E-state index in [4.69, 9.17) is 4.74 Å². The second-order valence-electron chi connectivity index (χ2n) is 5.92. The van der Waals surface area contributed by atoms with Gasteiger partial charge in [0, 0.05) is 12.1 Å². The van der Waals surface area contributed by atoms with Gasteiger partial charge in [0.25, 0.3) is 11.6 Å². The molecule has 0 spiro atoms. The molecule has 1 aromatic rings. The maximum atomic E-state index is 13.3. The number of ether oxygens (including phenoxy) is 1. The molecule has 2 rings (SSSR count). The number of carbonyl (C=O) groups excluding carboxylic acids is 1. The number of rotatable bonds is 7. The molecule has 1 aliphatic rings. The molecule has 0 bridgehead atoms. The Labute approximate surface area is 144 Å². The quantitative estimate of drug-likeness (QED) is 0.759. The van der Waals surface area contributed by atoms with Gasteiger partial charge < -0.3 is 9.84 Å². The molecular weight excluding hydrogens is 337 g/mol. The van der Waals surface area contributed by atoms with Crippen LogP contribution in [0.5, 0.6) is 5.75 Å². The fourth-order valence-electron chi connectivity index (χ4n) is 2.54. The third-order valence-electron chi connectivity index (χ3n) is 3.91. The zero-order valence-corrected chi connectivity index (χ0v) is 13.9. The number of hydrogen-bond acceptors (Lipinski definition) is 4. The molecule has 8 heteroatoms. The van der Waals surface area contributed by atoms with E-state index in [0.717, 1.165) is 12.8 Å². The summed E-state index contributed by atoms with van der Waals surface area (Å²) in [7, 11) is 0. The van der Waals surface area contributed by atoms with E-state index in [9.17, 15) is 23.1 Å². The first-order valence-corrected chi connectivity index (χ1v) is 8.14. The van der Waals surface area contributed by atoms with Crippen LogP contribution in [0.15, 0.2) is 35.4 Å². The molecule has 0 aliphatic carbocycles. The summed E-state index contributed by atoms with van der Waals surface area (Å²) in [5, 5.41) is 14.0. The van der Waals surface area contributed by atoms with Crippen LogP contribution in [-0.2, 0) is 4.79 Å². The summed E-state index contributed by atoms with van der Waals surface area (Å²) in [5.74, 6) is -0.702. The van der Waals surface area contributed by atoms with E-state index in [0.29, 0.717) is 18.6 Å². The van der Waals surface area contributed by atoms with Crippen molar-refractivity contribution in [1.82, 2.24) is 5.01 Å². The monoisotopic (exact) mass is 358 g/mol. The molecule has 0 aromatic heterocycles. The average molecular weight is 358 g/mol. The Bertz CT molecular complexity index is 619. The lowest BCUT2D eigenvalue weighted by Crippen LogP contribution is -2.57. The number of nitrogens with zero attached hydrogens (tertiary/aromatic N) is 2. The van der Waals surface area contributed by atoms with Crippen molar-refractivity contribution in [2.75, 3.05) is 6.61 Å². The van der Waals surface area contributed by atoms with Crippen molar-refractivity contribution in [3.8, 4) is 5.75 Å². The van der Waals surface area contributed by atoms with Crippen molar-refractivity contribution in [2.24, 2.45) is 5.10 Å². The Kier molecular flexibility index (Phi) is 6.05. The molecule has 25 heavy (non-hydrogen) atoms. The number of amides is 1. The highest BCUT2D eigenvalue weighted by atomic mass is 19.4. The molecular formula is C17H21F3N2O3. The Morgan fingerprint density at radius 3 is 2.60 bits per heavy atom. The molecule has 0 radical (unpaired) electrons. The third kappa shape index (κ3) is 4.50. The number of benzene rings is 1. The Balaban J connectivity index is 2.10. The summed E-state index contributed by atoms with van der Waals surface area (Å²) >= 11 is 0. The standard InChI is InChI=1S/C17H21F3N2O3/c1-2-3-5-8-13-11-16(24,17(18,19)20)22(21-13)15(23)12-25-14-9-6-4-7-10-14/h4,6-7,9-10,24H,2-3,5,8,11-12H2,1H3. The minimum Gasteiger partial charge on any atom is -0.484 e. The summed E-state index contributed by atoms with van der Waals surface area (Å²) in [6, 6.07) is 8.24. The molecule has 0 fully saturated rings. The fourth-order valence-corrected chi connectivity index (χ4v) is 2.54. The van der Waals surface area contributed by atoms with Crippen molar-refractivity contribution in [1.29, 1.82) is 0 Å². The van der Waals surface area contributed by atoms with E-state index in [1.54, 1.807) is 30.3 Å². The molecule has 1 unspecified atom stereocenters. The van der Waals surface area contributed by atoms with Gasteiger partial charge in [-0.3, -0.25) is 4.79 Å². The van der Waals surface area contributed by atoms with Gasteiger partial charge in [0.2, 0.25) is 0 Å². The summed E-state index contributed by atoms with van der Waals surface area (Å²) in [6.45, 7) is 1.33. The molecule has 1 amide bonds. The van der Waals surface area contributed by atoms with Crippen molar-refractivity contribution in [2.45, 2.75) is 50.9 Å². The van der Waals surface area contributed by atoms with Gasteiger partial charge in [-0.05, 0) is 25.0 Å². The van der Waals surface area contributed by atoms with Crippen LogP contribution in [0.2, 0.25) is 0 Å². The van der Waals surface area contributed by atoms with Gasteiger partial charge >= 0.3 is 6.18 Å². The topological polar surface area (TPSA) is 62.1 Å². The number of hydrogen-bond donors (Lipinski definition) is 1. The number of halogens is 3. The highest BCUT2D eigenvalue weighted by Crippen LogP contribution is 2.41. The van der Waals surface area contributed by atoms with Crippen LogP contribution in [0.25, 0.3) is 0 Å². The lowest BCUT2D eigenvalue weighted by molar-refractivity contribution is -0.302. The minimum absolute atomic E-state index is 0.122. The largest absolute Gasteiger partial charge is 0.484 e. The summed E-state index contributed by atoms with van der Waals surface area (Å²) < 4.78 is 45.1. The van der Waals surface area contributed by atoms with Crippen LogP contribution < -0.4 is 4.74 Å². The smallest absolute Gasteiger partial charge is 0.438 e. The molecule has 0 saturated carbocycles. The summed E-state index contributed by atoms with van der Waals surface area (Å²) in [5.41, 5.74) is -3.15. The zero-order chi connectivity index (χ0) is 18.5. The van der Waals surface area contributed by atoms with Crippen LogP contribution in [0.1, 0.15) is 39.0 Å². The summed E-state index contributed by atoms with van der Waals surface area (Å²) in [6.07, 6.45) is -3.01. The van der Waals surface area contributed by atoms with E-state index in [1.807, 2.05) is 6.92 Å². The molecule has 1 aliphatic heterocycles. The molecule has 1 heterocycles. The highest BCUT2D eigenvalue weighted by Gasteiger charge is 2.63. The average Bonchev–Trinajstić information content (AvgIpc) is 2.92. The number of alkyl halides is 3. The maximum Gasteiger partial charge on any atom is 0.438 e. The first kappa shape index (κ1) is 19.2. The molecule has 5 nitrogen and oxygen atoms in total. The SMILES string of the molecule is CCCCCC1=NN(C(=O)COc2ccccc2)C(O)(C(F)(F)F)C1. The van der Waals surface area contributed by atoms with Crippen molar-refractivity contribution < 1.29 is 27.8 Å². The van der Waals surface area contributed by atoms with E-state index in [1.165, 1.54) is 0 Å². The van der Waals surface area contributed by atoms with E-state index in [2.05, 4.69) is 5.10 Å². The fraction of sp³-hybridized carbons (Fsp3) is 0.529. The second kappa shape index (κ2) is 7.86.